The van der Waals surface area contributed by atoms with Gasteiger partial charge in [-0.3, -0.25) is 4.79 Å². The van der Waals surface area contributed by atoms with Gasteiger partial charge in [0.05, 0.1) is 11.8 Å². The number of carbonyl (C=O) groups is 2. The van der Waals surface area contributed by atoms with Crippen LogP contribution in [0.25, 0.3) is 0 Å². The number of halogens is 1. The van der Waals surface area contributed by atoms with E-state index < -0.39 is 0 Å². The fourth-order valence-electron chi connectivity index (χ4n) is 4.38. The first-order valence-corrected chi connectivity index (χ1v) is 11.5. The van der Waals surface area contributed by atoms with Crippen molar-refractivity contribution in [2.24, 2.45) is 5.92 Å². The predicted octanol–water partition coefficient (Wildman–Crippen LogP) is 2.58. The highest BCUT2D eigenvalue weighted by atomic mass is 19.1. The molecule has 3 amide bonds. The van der Waals surface area contributed by atoms with Gasteiger partial charge < -0.3 is 25.1 Å². The zero-order valence-electron chi connectivity index (χ0n) is 18.6. The number of piperidine rings is 2. The molecule has 0 unspecified atom stereocenters. The summed E-state index contributed by atoms with van der Waals surface area (Å²) in [4.78, 5) is 30.6. The van der Waals surface area contributed by atoms with Gasteiger partial charge in [0, 0.05) is 51.7 Å². The Morgan fingerprint density at radius 2 is 1.74 bits per heavy atom. The van der Waals surface area contributed by atoms with Gasteiger partial charge in [-0.05, 0) is 57.2 Å². The number of urea groups is 1. The SMILES string of the molecule is CCN(CC)C(=O)N1CCC(C(=O)NCc2ccc(N3CCC(O)CC3)c(F)c2)CC1. The van der Waals surface area contributed by atoms with Gasteiger partial charge in [0.2, 0.25) is 5.91 Å². The van der Waals surface area contributed by atoms with Crippen LogP contribution < -0.4 is 10.2 Å². The lowest BCUT2D eigenvalue weighted by Crippen LogP contribution is -2.48. The van der Waals surface area contributed by atoms with E-state index in [1.807, 2.05) is 29.7 Å². The maximum Gasteiger partial charge on any atom is 0.319 e. The first kappa shape index (κ1) is 23.3. The highest BCUT2D eigenvalue weighted by molar-refractivity contribution is 5.79. The van der Waals surface area contributed by atoms with Crippen molar-refractivity contribution in [2.75, 3.05) is 44.2 Å². The van der Waals surface area contributed by atoms with E-state index in [4.69, 9.17) is 0 Å². The lowest BCUT2D eigenvalue weighted by molar-refractivity contribution is -0.126. The van der Waals surface area contributed by atoms with Gasteiger partial charge in [0.1, 0.15) is 5.82 Å². The summed E-state index contributed by atoms with van der Waals surface area (Å²) in [5.41, 5.74) is 1.27. The van der Waals surface area contributed by atoms with Gasteiger partial charge >= 0.3 is 6.03 Å². The Balaban J connectivity index is 1.47. The minimum atomic E-state index is -0.300. The molecule has 2 fully saturated rings. The van der Waals surface area contributed by atoms with Gasteiger partial charge in [-0.1, -0.05) is 6.07 Å². The molecule has 0 atom stereocenters. The summed E-state index contributed by atoms with van der Waals surface area (Å²) in [6.07, 6.45) is 2.29. The zero-order chi connectivity index (χ0) is 22.4. The molecule has 2 aliphatic rings. The zero-order valence-corrected chi connectivity index (χ0v) is 18.6. The van der Waals surface area contributed by atoms with Crippen LogP contribution in [0.5, 0.6) is 0 Å². The normalized spacial score (nSPS) is 18.2. The summed E-state index contributed by atoms with van der Waals surface area (Å²) in [6, 6.07) is 5.12. The molecule has 172 valence electrons. The van der Waals surface area contributed by atoms with Gasteiger partial charge in [0.25, 0.3) is 0 Å². The van der Waals surface area contributed by atoms with Crippen molar-refractivity contribution in [3.8, 4) is 0 Å². The smallest absolute Gasteiger partial charge is 0.319 e. The number of likely N-dealkylation sites (tertiary alicyclic amines) is 1. The number of nitrogens with one attached hydrogen (secondary N) is 1. The molecular weight excluding hydrogens is 399 g/mol. The molecular formula is C23H35FN4O3. The fraction of sp³-hybridized carbons (Fsp3) is 0.652. The van der Waals surface area contributed by atoms with Crippen molar-refractivity contribution in [2.45, 2.75) is 52.2 Å². The van der Waals surface area contributed by atoms with Crippen LogP contribution in [0.2, 0.25) is 0 Å². The summed E-state index contributed by atoms with van der Waals surface area (Å²) in [5, 5.41) is 12.5. The van der Waals surface area contributed by atoms with Gasteiger partial charge in [-0.25, -0.2) is 9.18 Å². The number of hydrogen-bond donors (Lipinski definition) is 2. The van der Waals surface area contributed by atoms with Gasteiger partial charge in [-0.2, -0.15) is 0 Å². The lowest BCUT2D eigenvalue weighted by atomic mass is 9.96. The molecule has 8 heteroatoms. The van der Waals surface area contributed by atoms with Crippen LogP contribution in [0, 0.1) is 11.7 Å². The molecule has 7 nitrogen and oxygen atoms in total. The molecule has 0 aliphatic carbocycles. The van der Waals surface area contributed by atoms with Crippen LogP contribution >= 0.6 is 0 Å². The molecule has 2 aliphatic heterocycles. The van der Waals surface area contributed by atoms with Crippen LogP contribution in [0.4, 0.5) is 14.9 Å². The second-order valence-electron chi connectivity index (χ2n) is 8.44. The number of rotatable bonds is 6. The summed E-state index contributed by atoms with van der Waals surface area (Å²) < 4.78 is 14.6. The van der Waals surface area contributed by atoms with Crippen molar-refractivity contribution in [3.63, 3.8) is 0 Å². The molecule has 0 saturated carbocycles. The first-order chi connectivity index (χ1) is 14.9. The van der Waals surface area contributed by atoms with E-state index in [-0.39, 0.29) is 36.3 Å². The van der Waals surface area contributed by atoms with Crippen LogP contribution in [-0.2, 0) is 11.3 Å². The van der Waals surface area contributed by atoms with Crippen LogP contribution in [0.1, 0.15) is 45.1 Å². The van der Waals surface area contributed by atoms with Gasteiger partial charge in [0.15, 0.2) is 0 Å². The van der Waals surface area contributed by atoms with Gasteiger partial charge in [-0.15, -0.1) is 0 Å². The Hall–Kier alpha value is -2.35. The quantitative estimate of drug-likeness (QED) is 0.722. The third-order valence-corrected chi connectivity index (χ3v) is 6.45. The van der Waals surface area contributed by atoms with E-state index in [1.165, 1.54) is 6.07 Å². The summed E-state index contributed by atoms with van der Waals surface area (Å²) in [6.45, 7) is 8.04. The minimum Gasteiger partial charge on any atom is -0.393 e. The average Bonchev–Trinajstić information content (AvgIpc) is 2.79. The Morgan fingerprint density at radius 1 is 1.10 bits per heavy atom. The number of aliphatic hydroxyl groups excluding tert-OH is 1. The highest BCUT2D eigenvalue weighted by Gasteiger charge is 2.28. The first-order valence-electron chi connectivity index (χ1n) is 11.5. The third kappa shape index (κ3) is 5.87. The number of carbonyl (C=O) groups excluding carboxylic acids is 2. The van der Waals surface area contributed by atoms with Crippen LogP contribution in [0.3, 0.4) is 0 Å². The molecule has 0 spiro atoms. The molecule has 2 heterocycles. The van der Waals surface area contributed by atoms with Crippen LogP contribution in [0.15, 0.2) is 18.2 Å². The largest absolute Gasteiger partial charge is 0.393 e. The van der Waals surface area contributed by atoms with E-state index in [9.17, 15) is 19.1 Å². The van der Waals surface area contributed by atoms with Crippen molar-refractivity contribution >= 4 is 17.6 Å². The van der Waals surface area contributed by atoms with E-state index in [0.29, 0.717) is 70.6 Å². The maximum atomic E-state index is 14.6. The number of aliphatic hydroxyl groups is 1. The molecule has 31 heavy (non-hydrogen) atoms. The summed E-state index contributed by atoms with van der Waals surface area (Å²) in [5.74, 6) is -0.458. The average molecular weight is 435 g/mol. The van der Waals surface area contributed by atoms with E-state index >= 15 is 0 Å². The summed E-state index contributed by atoms with van der Waals surface area (Å²) >= 11 is 0. The molecule has 2 N–H and O–H groups in total. The predicted molar refractivity (Wildman–Crippen MR) is 118 cm³/mol. The number of anilines is 1. The molecule has 0 radical (unpaired) electrons. The van der Waals surface area contributed by atoms with Crippen molar-refractivity contribution in [1.29, 1.82) is 0 Å². The summed E-state index contributed by atoms with van der Waals surface area (Å²) in [7, 11) is 0. The molecule has 3 rings (SSSR count). The monoisotopic (exact) mass is 434 g/mol. The lowest BCUT2D eigenvalue weighted by Gasteiger charge is -2.34. The Kier molecular flexibility index (Phi) is 8.12. The van der Waals surface area contributed by atoms with Crippen LogP contribution in [-0.4, -0.2) is 72.2 Å². The Labute approximate surface area is 184 Å². The van der Waals surface area contributed by atoms with Crippen molar-refractivity contribution in [3.05, 3.63) is 29.6 Å². The Bertz CT molecular complexity index is 755. The van der Waals surface area contributed by atoms with Crippen molar-refractivity contribution < 1.29 is 19.1 Å². The second kappa shape index (κ2) is 10.8. The molecule has 1 aromatic carbocycles. The molecule has 2 saturated heterocycles. The van der Waals surface area contributed by atoms with E-state index in [0.717, 1.165) is 5.56 Å². The molecule has 0 bridgehead atoms. The standard InChI is InChI=1S/C23H35FN4O3/c1-3-26(4-2)23(31)28-11-7-18(8-12-28)22(30)25-16-17-5-6-21(20(24)15-17)27-13-9-19(29)10-14-27/h5-6,15,18-19,29H,3-4,7-14,16H2,1-2H3,(H,25,30). The molecule has 1 aromatic rings. The van der Waals surface area contributed by atoms with E-state index in [2.05, 4.69) is 5.32 Å². The van der Waals surface area contributed by atoms with E-state index in [1.54, 1.807) is 11.0 Å². The highest BCUT2D eigenvalue weighted by Crippen LogP contribution is 2.24. The number of benzene rings is 1. The Morgan fingerprint density at radius 3 is 2.32 bits per heavy atom. The topological polar surface area (TPSA) is 76.1 Å². The minimum absolute atomic E-state index is 0.0376. The maximum absolute atomic E-state index is 14.6. The number of nitrogens with zero attached hydrogens (tertiary/aromatic N) is 3. The number of amides is 3. The van der Waals surface area contributed by atoms with Crippen molar-refractivity contribution in [1.82, 2.24) is 15.1 Å². The molecule has 0 aromatic heterocycles. The second-order valence-corrected chi connectivity index (χ2v) is 8.44. The fourth-order valence-corrected chi connectivity index (χ4v) is 4.38. The third-order valence-electron chi connectivity index (χ3n) is 6.45. The number of hydrogen-bond acceptors (Lipinski definition) is 4.